The van der Waals surface area contributed by atoms with Gasteiger partial charge in [-0.05, 0) is 35.9 Å². The van der Waals surface area contributed by atoms with Crippen molar-refractivity contribution in [1.82, 2.24) is 4.98 Å². The van der Waals surface area contributed by atoms with E-state index in [0.29, 0.717) is 39.0 Å². The first-order valence-electron chi connectivity index (χ1n) is 10.5. The molecule has 0 bridgehead atoms. The minimum atomic E-state index is -0.572. The summed E-state index contributed by atoms with van der Waals surface area (Å²) in [5.74, 6) is 0.439. The van der Waals surface area contributed by atoms with Gasteiger partial charge in [-0.25, -0.2) is 9.78 Å². The molecule has 10 nitrogen and oxygen atoms in total. The van der Waals surface area contributed by atoms with Crippen molar-refractivity contribution in [3.05, 3.63) is 93.4 Å². The normalized spacial score (nSPS) is 10.7. The van der Waals surface area contributed by atoms with Gasteiger partial charge in [0.1, 0.15) is 11.3 Å². The number of benzene rings is 3. The van der Waals surface area contributed by atoms with Crippen molar-refractivity contribution in [3.8, 4) is 28.5 Å². The van der Waals surface area contributed by atoms with Crippen molar-refractivity contribution < 1.29 is 23.9 Å². The lowest BCUT2D eigenvalue weighted by Crippen LogP contribution is -2.10. The van der Waals surface area contributed by atoms with Gasteiger partial charge >= 0.3 is 5.97 Å². The van der Waals surface area contributed by atoms with Crippen LogP contribution in [0.5, 0.6) is 17.2 Å². The molecule has 3 aromatic carbocycles. The highest BCUT2D eigenvalue weighted by atomic mass is 32.1. The van der Waals surface area contributed by atoms with Gasteiger partial charge in [0.25, 0.3) is 5.69 Å². The zero-order valence-corrected chi connectivity index (χ0v) is 20.0. The molecular formula is C25H20N4O6S. The number of carbonyl (C=O) groups is 1. The SMILES string of the molecule is COc1cc(/C=N\Nc2nc(-c3cccc([N+](=O)[O-])c3)cs2)ccc1OC(=O)c1ccccc1OC. The molecule has 0 saturated heterocycles. The van der Waals surface area contributed by atoms with E-state index in [0.717, 1.165) is 0 Å². The fourth-order valence-corrected chi connectivity index (χ4v) is 3.88. The van der Waals surface area contributed by atoms with Crippen LogP contribution >= 0.6 is 11.3 Å². The molecule has 36 heavy (non-hydrogen) atoms. The largest absolute Gasteiger partial charge is 0.496 e. The summed E-state index contributed by atoms with van der Waals surface area (Å²) in [6, 6.07) is 18.0. The van der Waals surface area contributed by atoms with Gasteiger partial charge in [0.15, 0.2) is 11.5 Å². The molecule has 0 aliphatic rings. The van der Waals surface area contributed by atoms with Crippen LogP contribution in [0.2, 0.25) is 0 Å². The van der Waals surface area contributed by atoms with Crippen molar-refractivity contribution in [1.29, 1.82) is 0 Å². The molecule has 4 aromatic rings. The Morgan fingerprint density at radius 3 is 2.61 bits per heavy atom. The maximum Gasteiger partial charge on any atom is 0.347 e. The lowest BCUT2D eigenvalue weighted by atomic mass is 10.1. The summed E-state index contributed by atoms with van der Waals surface area (Å²) in [4.78, 5) is 27.6. The number of aromatic nitrogens is 1. The van der Waals surface area contributed by atoms with E-state index < -0.39 is 10.9 Å². The monoisotopic (exact) mass is 504 g/mol. The standard InChI is InChI=1S/C25H20N4O6S/c1-33-21-9-4-3-8-19(21)24(30)35-22-11-10-16(12-23(22)34-2)14-26-28-25-27-20(15-36-25)17-6-5-7-18(13-17)29(31)32/h3-15H,1-2H3,(H,27,28)/b26-14-. The Bertz CT molecular complexity index is 1440. The first kappa shape index (κ1) is 24.4. The molecule has 1 aromatic heterocycles. The van der Waals surface area contributed by atoms with Crippen molar-refractivity contribution in [2.45, 2.75) is 0 Å². The third kappa shape index (κ3) is 5.65. The van der Waals surface area contributed by atoms with Gasteiger partial charge in [-0.1, -0.05) is 24.3 Å². The number of non-ortho nitro benzene ring substituents is 1. The third-order valence-corrected chi connectivity index (χ3v) is 5.69. The first-order valence-corrected chi connectivity index (χ1v) is 11.4. The number of nitro groups is 1. The number of para-hydroxylation sites is 1. The van der Waals surface area contributed by atoms with Crippen LogP contribution in [0.15, 0.2) is 77.2 Å². The first-order chi connectivity index (χ1) is 17.5. The van der Waals surface area contributed by atoms with Crippen molar-refractivity contribution in [3.63, 3.8) is 0 Å². The highest BCUT2D eigenvalue weighted by molar-refractivity contribution is 7.14. The zero-order chi connectivity index (χ0) is 25.5. The summed E-state index contributed by atoms with van der Waals surface area (Å²) < 4.78 is 16.1. The van der Waals surface area contributed by atoms with Crippen molar-refractivity contribution >= 4 is 34.3 Å². The number of hydrogen-bond acceptors (Lipinski definition) is 10. The van der Waals surface area contributed by atoms with E-state index in [9.17, 15) is 14.9 Å². The second-order valence-corrected chi connectivity index (χ2v) is 8.07. The number of esters is 1. The number of ether oxygens (including phenoxy) is 3. The molecule has 0 fully saturated rings. The molecule has 182 valence electrons. The molecule has 0 unspecified atom stereocenters. The topological polar surface area (TPSA) is 125 Å². The Balaban J connectivity index is 1.43. The number of nitro benzene ring substituents is 1. The van der Waals surface area contributed by atoms with E-state index in [1.807, 2.05) is 0 Å². The van der Waals surface area contributed by atoms with Crippen LogP contribution < -0.4 is 19.6 Å². The van der Waals surface area contributed by atoms with Crippen LogP contribution in [0.1, 0.15) is 15.9 Å². The minimum absolute atomic E-state index is 0.000917. The van der Waals surface area contributed by atoms with Crippen LogP contribution in [-0.4, -0.2) is 36.3 Å². The number of nitrogens with one attached hydrogen (secondary N) is 1. The molecule has 0 atom stereocenters. The Hall–Kier alpha value is -4.77. The van der Waals surface area contributed by atoms with Crippen LogP contribution in [0, 0.1) is 10.1 Å². The summed E-state index contributed by atoms with van der Waals surface area (Å²) in [6.45, 7) is 0. The van der Waals surface area contributed by atoms with Crippen LogP contribution in [0.4, 0.5) is 10.8 Å². The van der Waals surface area contributed by atoms with E-state index in [1.165, 1.54) is 37.7 Å². The van der Waals surface area contributed by atoms with Gasteiger partial charge in [0, 0.05) is 23.1 Å². The Morgan fingerprint density at radius 2 is 1.83 bits per heavy atom. The number of methoxy groups -OCH3 is 2. The van der Waals surface area contributed by atoms with E-state index in [1.54, 1.807) is 66.2 Å². The molecule has 0 aliphatic carbocycles. The number of hydrogen-bond donors (Lipinski definition) is 1. The van der Waals surface area contributed by atoms with Crippen LogP contribution in [0.3, 0.4) is 0 Å². The summed E-state index contributed by atoms with van der Waals surface area (Å²) in [6.07, 6.45) is 1.56. The molecule has 1 heterocycles. The van der Waals surface area contributed by atoms with Crippen molar-refractivity contribution in [2.24, 2.45) is 5.10 Å². The highest BCUT2D eigenvalue weighted by Crippen LogP contribution is 2.30. The number of anilines is 1. The number of nitrogens with zero attached hydrogens (tertiary/aromatic N) is 3. The Morgan fingerprint density at radius 1 is 1.03 bits per heavy atom. The molecule has 0 spiro atoms. The second-order valence-electron chi connectivity index (χ2n) is 7.22. The quantitative estimate of drug-likeness (QED) is 0.106. The number of thiazole rings is 1. The molecule has 11 heteroatoms. The van der Waals surface area contributed by atoms with Gasteiger partial charge in [0.2, 0.25) is 5.13 Å². The Labute approximate surface area is 209 Å². The predicted octanol–water partition coefficient (Wildman–Crippen LogP) is 5.40. The van der Waals surface area contributed by atoms with E-state index in [-0.39, 0.29) is 11.4 Å². The number of hydrazone groups is 1. The summed E-state index contributed by atoms with van der Waals surface area (Å²) >= 11 is 1.31. The smallest absolute Gasteiger partial charge is 0.347 e. The van der Waals surface area contributed by atoms with Crippen LogP contribution in [0.25, 0.3) is 11.3 Å². The average Bonchev–Trinajstić information content (AvgIpc) is 3.38. The van der Waals surface area contributed by atoms with Crippen molar-refractivity contribution in [2.75, 3.05) is 19.6 Å². The highest BCUT2D eigenvalue weighted by Gasteiger charge is 2.16. The zero-order valence-electron chi connectivity index (χ0n) is 19.2. The van der Waals surface area contributed by atoms with E-state index >= 15 is 0 Å². The fraction of sp³-hybridized carbons (Fsp3) is 0.0800. The van der Waals surface area contributed by atoms with E-state index in [4.69, 9.17) is 14.2 Å². The molecule has 4 rings (SSSR count). The van der Waals surface area contributed by atoms with Gasteiger partial charge < -0.3 is 14.2 Å². The molecule has 0 saturated carbocycles. The molecule has 0 radical (unpaired) electrons. The molecular weight excluding hydrogens is 484 g/mol. The predicted molar refractivity (Wildman–Crippen MR) is 136 cm³/mol. The maximum atomic E-state index is 12.6. The Kier molecular flexibility index (Phi) is 7.51. The lowest BCUT2D eigenvalue weighted by Gasteiger charge is -2.11. The van der Waals surface area contributed by atoms with Crippen LogP contribution in [-0.2, 0) is 0 Å². The molecule has 1 N–H and O–H groups in total. The third-order valence-electron chi connectivity index (χ3n) is 4.95. The average molecular weight is 505 g/mol. The molecule has 0 aliphatic heterocycles. The number of rotatable bonds is 9. The number of carbonyl (C=O) groups excluding carboxylic acids is 1. The van der Waals surface area contributed by atoms with Gasteiger partial charge in [-0.2, -0.15) is 5.10 Å². The van der Waals surface area contributed by atoms with Gasteiger partial charge in [-0.15, -0.1) is 11.3 Å². The minimum Gasteiger partial charge on any atom is -0.496 e. The second kappa shape index (κ2) is 11.1. The summed E-state index contributed by atoms with van der Waals surface area (Å²) in [7, 11) is 2.95. The van der Waals surface area contributed by atoms with E-state index in [2.05, 4.69) is 15.5 Å². The fourth-order valence-electron chi connectivity index (χ4n) is 3.22. The van der Waals surface area contributed by atoms with Gasteiger partial charge in [-0.3, -0.25) is 15.5 Å². The maximum absolute atomic E-state index is 12.6. The van der Waals surface area contributed by atoms with Gasteiger partial charge in [0.05, 0.1) is 31.1 Å². The molecule has 0 amide bonds. The summed E-state index contributed by atoms with van der Waals surface area (Å²) in [5, 5.41) is 17.5. The summed E-state index contributed by atoms with van der Waals surface area (Å²) in [5.41, 5.74) is 5.06. The lowest BCUT2D eigenvalue weighted by molar-refractivity contribution is -0.384.